The molecule has 0 bridgehead atoms. The zero-order valence-corrected chi connectivity index (χ0v) is 11.9. The monoisotopic (exact) mass is 266 g/mol. The predicted molar refractivity (Wildman–Crippen MR) is 75.2 cm³/mol. The average Bonchev–Trinajstić information content (AvgIpc) is 2.30. The van der Waals surface area contributed by atoms with Gasteiger partial charge in [0.15, 0.2) is 0 Å². The Kier molecular flexibility index (Phi) is 5.48. The summed E-state index contributed by atoms with van der Waals surface area (Å²) < 4.78 is 13.5. The molecule has 0 fully saturated rings. The second-order valence-corrected chi connectivity index (χ2v) is 5.83. The lowest BCUT2D eigenvalue weighted by Crippen LogP contribution is -2.45. The predicted octanol–water partition coefficient (Wildman–Crippen LogP) is 2.25. The van der Waals surface area contributed by atoms with Crippen LogP contribution in [0, 0.1) is 11.2 Å². The fourth-order valence-corrected chi connectivity index (χ4v) is 1.95. The fraction of sp³-hybridized carbons (Fsp3) is 0.533. The SMILES string of the molecule is CC(C)(C)C(CCN)NC(=O)Cc1ccccc1F. The zero-order chi connectivity index (χ0) is 14.5. The lowest BCUT2D eigenvalue weighted by molar-refractivity contribution is -0.122. The van der Waals surface area contributed by atoms with Gasteiger partial charge in [0.1, 0.15) is 5.82 Å². The summed E-state index contributed by atoms with van der Waals surface area (Å²) in [5, 5.41) is 2.95. The Morgan fingerprint density at radius 1 is 1.37 bits per heavy atom. The molecule has 3 N–H and O–H groups in total. The van der Waals surface area contributed by atoms with Crippen molar-refractivity contribution in [3.8, 4) is 0 Å². The van der Waals surface area contributed by atoms with Crippen molar-refractivity contribution >= 4 is 5.91 Å². The fourth-order valence-electron chi connectivity index (χ4n) is 1.95. The number of hydrogen-bond acceptors (Lipinski definition) is 2. The molecule has 1 aromatic rings. The number of nitrogens with two attached hydrogens (primary N) is 1. The normalized spacial score (nSPS) is 13.1. The Morgan fingerprint density at radius 3 is 2.53 bits per heavy atom. The standard InChI is InChI=1S/C15H23FN2O/c1-15(2,3)13(8-9-17)18-14(19)10-11-6-4-5-7-12(11)16/h4-7,13H,8-10,17H2,1-3H3,(H,18,19). The average molecular weight is 266 g/mol. The Morgan fingerprint density at radius 2 is 2.00 bits per heavy atom. The van der Waals surface area contributed by atoms with Crippen molar-refractivity contribution in [3.05, 3.63) is 35.6 Å². The maximum absolute atomic E-state index is 13.5. The summed E-state index contributed by atoms with van der Waals surface area (Å²) in [6, 6.07) is 6.33. The van der Waals surface area contributed by atoms with Gasteiger partial charge in [-0.1, -0.05) is 39.0 Å². The first-order chi connectivity index (χ1) is 8.84. The number of benzene rings is 1. The second-order valence-electron chi connectivity index (χ2n) is 5.83. The Hall–Kier alpha value is -1.42. The topological polar surface area (TPSA) is 55.1 Å². The number of halogens is 1. The van der Waals surface area contributed by atoms with Crippen LogP contribution in [0.3, 0.4) is 0 Å². The molecule has 0 heterocycles. The molecule has 0 aliphatic rings. The molecule has 0 aromatic heterocycles. The van der Waals surface area contributed by atoms with Gasteiger partial charge < -0.3 is 11.1 Å². The summed E-state index contributed by atoms with van der Waals surface area (Å²) in [6.45, 7) is 6.67. The van der Waals surface area contributed by atoms with E-state index >= 15 is 0 Å². The number of carbonyl (C=O) groups is 1. The van der Waals surface area contributed by atoms with Crippen molar-refractivity contribution in [1.29, 1.82) is 0 Å². The van der Waals surface area contributed by atoms with E-state index in [4.69, 9.17) is 5.73 Å². The van der Waals surface area contributed by atoms with Gasteiger partial charge in [-0.3, -0.25) is 4.79 Å². The molecule has 1 unspecified atom stereocenters. The van der Waals surface area contributed by atoms with Crippen LogP contribution in [0.5, 0.6) is 0 Å². The maximum Gasteiger partial charge on any atom is 0.224 e. The number of hydrogen-bond donors (Lipinski definition) is 2. The van der Waals surface area contributed by atoms with Gasteiger partial charge in [0.2, 0.25) is 5.91 Å². The number of rotatable bonds is 5. The largest absolute Gasteiger partial charge is 0.353 e. The molecular formula is C15H23FN2O. The first-order valence-corrected chi connectivity index (χ1v) is 6.57. The molecular weight excluding hydrogens is 243 g/mol. The van der Waals surface area contributed by atoms with E-state index in [1.54, 1.807) is 18.2 Å². The van der Waals surface area contributed by atoms with Crippen LogP contribution < -0.4 is 11.1 Å². The summed E-state index contributed by atoms with van der Waals surface area (Å²) in [7, 11) is 0. The van der Waals surface area contributed by atoms with Crippen LogP contribution in [-0.2, 0) is 11.2 Å². The highest BCUT2D eigenvalue weighted by Gasteiger charge is 2.25. The van der Waals surface area contributed by atoms with Crippen LogP contribution in [0.25, 0.3) is 0 Å². The molecule has 0 aliphatic carbocycles. The molecule has 106 valence electrons. The van der Waals surface area contributed by atoms with Crippen molar-refractivity contribution in [2.75, 3.05) is 6.54 Å². The maximum atomic E-state index is 13.5. The quantitative estimate of drug-likeness (QED) is 0.859. The van der Waals surface area contributed by atoms with Gasteiger partial charge in [-0.15, -0.1) is 0 Å². The smallest absolute Gasteiger partial charge is 0.224 e. The van der Waals surface area contributed by atoms with Crippen LogP contribution in [-0.4, -0.2) is 18.5 Å². The van der Waals surface area contributed by atoms with Gasteiger partial charge in [0.25, 0.3) is 0 Å². The van der Waals surface area contributed by atoms with Crippen LogP contribution in [0.4, 0.5) is 4.39 Å². The summed E-state index contributed by atoms with van der Waals surface area (Å²) in [6.07, 6.45) is 0.774. The van der Waals surface area contributed by atoms with Crippen molar-refractivity contribution in [2.45, 2.75) is 39.7 Å². The Labute approximate surface area is 114 Å². The lowest BCUT2D eigenvalue weighted by Gasteiger charge is -2.31. The molecule has 19 heavy (non-hydrogen) atoms. The minimum absolute atomic E-state index is 0.00299. The highest BCUT2D eigenvalue weighted by molar-refractivity contribution is 5.79. The third-order valence-corrected chi connectivity index (χ3v) is 3.14. The zero-order valence-electron chi connectivity index (χ0n) is 11.9. The second kappa shape index (κ2) is 6.66. The minimum atomic E-state index is -0.344. The highest BCUT2D eigenvalue weighted by atomic mass is 19.1. The minimum Gasteiger partial charge on any atom is -0.353 e. The molecule has 0 radical (unpaired) electrons. The first kappa shape index (κ1) is 15.6. The van der Waals surface area contributed by atoms with E-state index < -0.39 is 0 Å². The molecule has 0 aliphatic heterocycles. The van der Waals surface area contributed by atoms with Crippen LogP contribution in [0.1, 0.15) is 32.8 Å². The number of carbonyl (C=O) groups excluding carboxylic acids is 1. The van der Waals surface area contributed by atoms with Gasteiger partial charge in [-0.2, -0.15) is 0 Å². The van der Waals surface area contributed by atoms with Crippen LogP contribution in [0.15, 0.2) is 24.3 Å². The molecule has 1 rings (SSSR count). The number of nitrogens with one attached hydrogen (secondary N) is 1. The lowest BCUT2D eigenvalue weighted by atomic mass is 9.84. The van der Waals surface area contributed by atoms with Crippen LogP contribution in [0.2, 0.25) is 0 Å². The van der Waals surface area contributed by atoms with E-state index in [2.05, 4.69) is 26.1 Å². The third-order valence-electron chi connectivity index (χ3n) is 3.14. The van der Waals surface area contributed by atoms with Gasteiger partial charge in [-0.25, -0.2) is 4.39 Å². The molecule has 1 aromatic carbocycles. The van der Waals surface area contributed by atoms with E-state index in [-0.39, 0.29) is 29.6 Å². The Bertz CT molecular complexity index is 426. The summed E-state index contributed by atoms with van der Waals surface area (Å²) in [5.74, 6) is -0.512. The molecule has 3 nitrogen and oxygen atoms in total. The van der Waals surface area contributed by atoms with Gasteiger partial charge in [0.05, 0.1) is 6.42 Å². The molecule has 1 amide bonds. The van der Waals surface area contributed by atoms with E-state index in [9.17, 15) is 9.18 Å². The van der Waals surface area contributed by atoms with Crippen molar-refractivity contribution < 1.29 is 9.18 Å². The third kappa shape index (κ3) is 4.99. The summed E-state index contributed by atoms with van der Waals surface area (Å²) >= 11 is 0. The number of amides is 1. The van der Waals surface area contributed by atoms with Crippen molar-refractivity contribution in [3.63, 3.8) is 0 Å². The first-order valence-electron chi connectivity index (χ1n) is 6.57. The van der Waals surface area contributed by atoms with Crippen molar-refractivity contribution in [1.82, 2.24) is 5.32 Å². The van der Waals surface area contributed by atoms with E-state index in [0.29, 0.717) is 18.5 Å². The van der Waals surface area contributed by atoms with Crippen LogP contribution >= 0.6 is 0 Å². The molecule has 0 spiro atoms. The molecule has 4 heteroatoms. The van der Waals surface area contributed by atoms with Gasteiger partial charge in [0, 0.05) is 6.04 Å². The van der Waals surface area contributed by atoms with E-state index in [1.165, 1.54) is 6.07 Å². The summed E-state index contributed by atoms with van der Waals surface area (Å²) in [5.41, 5.74) is 5.92. The van der Waals surface area contributed by atoms with E-state index in [1.807, 2.05) is 0 Å². The Balaban J connectivity index is 2.66. The van der Waals surface area contributed by atoms with Crippen molar-refractivity contribution in [2.24, 2.45) is 11.1 Å². The molecule has 0 saturated heterocycles. The van der Waals surface area contributed by atoms with Gasteiger partial charge in [-0.05, 0) is 30.0 Å². The molecule has 1 atom stereocenters. The van der Waals surface area contributed by atoms with Gasteiger partial charge >= 0.3 is 0 Å². The highest BCUT2D eigenvalue weighted by Crippen LogP contribution is 2.21. The van der Waals surface area contributed by atoms with E-state index in [0.717, 1.165) is 0 Å². The molecule has 0 saturated carbocycles. The summed E-state index contributed by atoms with van der Waals surface area (Å²) in [4.78, 5) is 12.0.